The van der Waals surface area contributed by atoms with Crippen molar-refractivity contribution < 1.29 is 13.2 Å². The second-order valence-electron chi connectivity index (χ2n) is 5.03. The quantitative estimate of drug-likeness (QED) is 0.587. The third-order valence-electron chi connectivity index (χ3n) is 3.20. The predicted octanol–water partition coefficient (Wildman–Crippen LogP) is 4.24. The number of thiazole rings is 1. The van der Waals surface area contributed by atoms with Gasteiger partial charge in [0.05, 0.1) is 15.6 Å². The molecule has 0 spiro atoms. The van der Waals surface area contributed by atoms with Crippen LogP contribution in [0.25, 0.3) is 0 Å². The standard InChI is InChI=1S/C16H13ClN4O3S2/c17-13-3-1-2-4-14(13)20-15(22)19-11-5-7-12(8-6-11)26(23,24)21-16-18-9-10-25-16/h1-10H,(H,18,21)(H2,19,20,22). The van der Waals surface area contributed by atoms with Crippen molar-refractivity contribution in [1.82, 2.24) is 4.98 Å². The molecule has 0 fully saturated rings. The molecule has 1 aromatic heterocycles. The molecular weight excluding hydrogens is 396 g/mol. The van der Waals surface area contributed by atoms with Crippen LogP contribution >= 0.6 is 22.9 Å². The summed E-state index contributed by atoms with van der Waals surface area (Å²) in [5.74, 6) is 0. The molecule has 0 radical (unpaired) electrons. The van der Waals surface area contributed by atoms with E-state index in [-0.39, 0.29) is 10.0 Å². The summed E-state index contributed by atoms with van der Waals surface area (Å²) < 4.78 is 26.9. The topological polar surface area (TPSA) is 100 Å². The van der Waals surface area contributed by atoms with E-state index < -0.39 is 16.1 Å². The summed E-state index contributed by atoms with van der Waals surface area (Å²) in [5.41, 5.74) is 0.904. The summed E-state index contributed by atoms with van der Waals surface area (Å²) in [6.45, 7) is 0. The second-order valence-corrected chi connectivity index (χ2v) is 8.01. The zero-order chi connectivity index (χ0) is 18.6. The Morgan fingerprint density at radius 1 is 1.04 bits per heavy atom. The average Bonchev–Trinajstić information content (AvgIpc) is 3.10. The zero-order valence-electron chi connectivity index (χ0n) is 13.1. The fourth-order valence-electron chi connectivity index (χ4n) is 2.01. The van der Waals surface area contributed by atoms with Gasteiger partial charge in [0, 0.05) is 17.3 Å². The Morgan fingerprint density at radius 2 is 1.77 bits per heavy atom. The first-order chi connectivity index (χ1) is 12.4. The van der Waals surface area contributed by atoms with E-state index in [1.807, 2.05) is 0 Å². The van der Waals surface area contributed by atoms with Gasteiger partial charge < -0.3 is 10.6 Å². The molecule has 0 aliphatic heterocycles. The number of hydrogen-bond donors (Lipinski definition) is 3. The smallest absolute Gasteiger partial charge is 0.308 e. The number of carbonyl (C=O) groups is 1. The number of aromatic nitrogens is 1. The van der Waals surface area contributed by atoms with Crippen LogP contribution in [0.3, 0.4) is 0 Å². The van der Waals surface area contributed by atoms with E-state index >= 15 is 0 Å². The van der Waals surface area contributed by atoms with E-state index in [1.54, 1.807) is 29.6 Å². The Morgan fingerprint density at radius 3 is 2.42 bits per heavy atom. The Kier molecular flexibility index (Phi) is 5.40. The molecule has 3 aromatic rings. The van der Waals surface area contributed by atoms with Crippen LogP contribution in [0.1, 0.15) is 0 Å². The Labute approximate surface area is 159 Å². The lowest BCUT2D eigenvalue weighted by Gasteiger charge is -2.10. The number of nitrogens with zero attached hydrogens (tertiary/aromatic N) is 1. The molecule has 26 heavy (non-hydrogen) atoms. The van der Waals surface area contributed by atoms with Crippen LogP contribution in [0.4, 0.5) is 21.3 Å². The molecule has 0 aliphatic carbocycles. The highest BCUT2D eigenvalue weighted by Gasteiger charge is 2.15. The number of para-hydroxylation sites is 1. The second kappa shape index (κ2) is 7.73. The number of nitrogens with one attached hydrogen (secondary N) is 3. The van der Waals surface area contributed by atoms with Gasteiger partial charge in [-0.2, -0.15) is 0 Å². The van der Waals surface area contributed by atoms with Gasteiger partial charge in [-0.1, -0.05) is 23.7 Å². The van der Waals surface area contributed by atoms with Gasteiger partial charge in [-0.15, -0.1) is 11.3 Å². The number of amides is 2. The molecule has 2 amide bonds. The van der Waals surface area contributed by atoms with Gasteiger partial charge in [0.15, 0.2) is 5.13 Å². The van der Waals surface area contributed by atoms with Gasteiger partial charge in [0.25, 0.3) is 10.0 Å². The lowest BCUT2D eigenvalue weighted by atomic mass is 10.3. The van der Waals surface area contributed by atoms with Gasteiger partial charge in [0.1, 0.15) is 0 Å². The van der Waals surface area contributed by atoms with Crippen molar-refractivity contribution in [3.8, 4) is 0 Å². The van der Waals surface area contributed by atoms with Gasteiger partial charge in [0.2, 0.25) is 0 Å². The maximum absolute atomic E-state index is 12.3. The first-order valence-electron chi connectivity index (χ1n) is 7.29. The van der Waals surface area contributed by atoms with E-state index in [2.05, 4.69) is 20.3 Å². The minimum atomic E-state index is -3.73. The molecule has 0 aliphatic rings. The summed E-state index contributed by atoms with van der Waals surface area (Å²) in [5, 5.41) is 7.59. The van der Waals surface area contributed by atoms with Gasteiger partial charge in [-0.05, 0) is 36.4 Å². The molecule has 134 valence electrons. The van der Waals surface area contributed by atoms with Crippen molar-refractivity contribution in [2.45, 2.75) is 4.90 Å². The minimum absolute atomic E-state index is 0.0600. The molecule has 0 atom stereocenters. The molecular formula is C16H13ClN4O3S2. The largest absolute Gasteiger partial charge is 0.323 e. The number of carbonyl (C=O) groups excluding carboxylic acids is 1. The lowest BCUT2D eigenvalue weighted by Crippen LogP contribution is -2.19. The van der Waals surface area contributed by atoms with Crippen LogP contribution in [-0.4, -0.2) is 19.4 Å². The number of anilines is 3. The van der Waals surface area contributed by atoms with E-state index in [1.165, 1.54) is 41.8 Å². The summed E-state index contributed by atoms with van der Waals surface area (Å²) in [4.78, 5) is 16.0. The zero-order valence-corrected chi connectivity index (χ0v) is 15.5. The molecule has 7 nitrogen and oxygen atoms in total. The van der Waals surface area contributed by atoms with E-state index in [0.29, 0.717) is 16.4 Å². The normalized spacial score (nSPS) is 11.0. The van der Waals surface area contributed by atoms with Gasteiger partial charge in [-0.3, -0.25) is 4.72 Å². The van der Waals surface area contributed by atoms with E-state index in [9.17, 15) is 13.2 Å². The summed E-state index contributed by atoms with van der Waals surface area (Å²) >= 11 is 7.16. The predicted molar refractivity (Wildman–Crippen MR) is 103 cm³/mol. The number of halogens is 1. The van der Waals surface area contributed by atoms with Crippen LogP contribution in [-0.2, 0) is 10.0 Å². The van der Waals surface area contributed by atoms with Crippen LogP contribution < -0.4 is 15.4 Å². The molecule has 10 heteroatoms. The highest BCUT2D eigenvalue weighted by molar-refractivity contribution is 7.93. The van der Waals surface area contributed by atoms with Gasteiger partial charge in [-0.25, -0.2) is 18.2 Å². The van der Waals surface area contributed by atoms with Crippen molar-refractivity contribution in [3.63, 3.8) is 0 Å². The summed E-state index contributed by atoms with van der Waals surface area (Å²) in [7, 11) is -3.73. The molecule has 2 aromatic carbocycles. The maximum atomic E-state index is 12.3. The number of rotatable bonds is 5. The Hall–Kier alpha value is -2.62. The number of hydrogen-bond acceptors (Lipinski definition) is 5. The van der Waals surface area contributed by atoms with E-state index in [4.69, 9.17) is 11.6 Å². The Bertz CT molecular complexity index is 1010. The van der Waals surface area contributed by atoms with Crippen molar-refractivity contribution in [2.75, 3.05) is 15.4 Å². The maximum Gasteiger partial charge on any atom is 0.323 e. The monoisotopic (exact) mass is 408 g/mol. The number of benzene rings is 2. The number of sulfonamides is 1. The van der Waals surface area contributed by atoms with Crippen LogP contribution in [0, 0.1) is 0 Å². The summed E-state index contributed by atoms with van der Waals surface area (Å²) in [6.07, 6.45) is 1.51. The highest BCUT2D eigenvalue weighted by atomic mass is 35.5. The first-order valence-corrected chi connectivity index (χ1v) is 10.0. The van der Waals surface area contributed by atoms with Crippen LogP contribution in [0.2, 0.25) is 5.02 Å². The van der Waals surface area contributed by atoms with Crippen molar-refractivity contribution in [1.29, 1.82) is 0 Å². The molecule has 3 N–H and O–H groups in total. The Balaban J connectivity index is 1.66. The summed E-state index contributed by atoms with van der Waals surface area (Å²) in [6, 6.07) is 12.1. The number of urea groups is 1. The molecule has 0 saturated heterocycles. The molecule has 0 bridgehead atoms. The minimum Gasteiger partial charge on any atom is -0.308 e. The van der Waals surface area contributed by atoms with Gasteiger partial charge >= 0.3 is 6.03 Å². The van der Waals surface area contributed by atoms with Crippen LogP contribution in [0.15, 0.2) is 65.0 Å². The molecule has 3 rings (SSSR count). The fourth-order valence-corrected chi connectivity index (χ4v) is 3.98. The van der Waals surface area contributed by atoms with Crippen molar-refractivity contribution in [2.24, 2.45) is 0 Å². The average molecular weight is 409 g/mol. The molecule has 0 saturated carbocycles. The molecule has 0 unspecified atom stereocenters. The third kappa shape index (κ3) is 4.51. The van der Waals surface area contributed by atoms with Crippen molar-refractivity contribution >= 4 is 55.5 Å². The van der Waals surface area contributed by atoms with E-state index in [0.717, 1.165) is 0 Å². The first kappa shape index (κ1) is 18.2. The SMILES string of the molecule is O=C(Nc1ccc(S(=O)(=O)Nc2nccs2)cc1)Nc1ccccc1Cl. The molecule has 1 heterocycles. The fraction of sp³-hybridized carbons (Fsp3) is 0. The highest BCUT2D eigenvalue weighted by Crippen LogP contribution is 2.22. The lowest BCUT2D eigenvalue weighted by molar-refractivity contribution is 0.262. The van der Waals surface area contributed by atoms with Crippen molar-refractivity contribution in [3.05, 3.63) is 65.1 Å². The third-order valence-corrected chi connectivity index (χ3v) is 5.70. The van der Waals surface area contributed by atoms with Crippen LogP contribution in [0.5, 0.6) is 0 Å².